The van der Waals surface area contributed by atoms with E-state index in [0.29, 0.717) is 34.6 Å². The molecule has 0 saturated heterocycles. The average molecular weight is 509 g/mol. The van der Waals surface area contributed by atoms with Gasteiger partial charge in [0.2, 0.25) is 0 Å². The van der Waals surface area contributed by atoms with Crippen molar-refractivity contribution in [3.63, 3.8) is 0 Å². The number of hydrogen-bond donors (Lipinski definition) is 2. The van der Waals surface area contributed by atoms with Crippen LogP contribution in [0.2, 0.25) is 5.02 Å². The van der Waals surface area contributed by atoms with Gasteiger partial charge in [0.25, 0.3) is 0 Å². The molecule has 180 valence electrons. The first-order valence-electron chi connectivity index (χ1n) is 10.9. The fourth-order valence-corrected chi connectivity index (χ4v) is 4.14. The number of ether oxygens (including phenoxy) is 1. The van der Waals surface area contributed by atoms with Crippen LogP contribution in [0, 0.1) is 13.8 Å². The fourth-order valence-electron chi connectivity index (χ4n) is 3.74. The van der Waals surface area contributed by atoms with Gasteiger partial charge < -0.3 is 15.4 Å². The van der Waals surface area contributed by atoms with E-state index in [-0.39, 0.29) is 5.97 Å². The molecule has 0 bridgehead atoms. The van der Waals surface area contributed by atoms with Crippen LogP contribution in [0.15, 0.2) is 60.8 Å². The van der Waals surface area contributed by atoms with Crippen LogP contribution in [0.25, 0.3) is 0 Å². The summed E-state index contributed by atoms with van der Waals surface area (Å²) in [5, 5.41) is 16.6. The number of nitrogens with one attached hydrogen (secondary N) is 2. The summed E-state index contributed by atoms with van der Waals surface area (Å²) in [6.45, 7) is 4.83. The second-order valence-electron chi connectivity index (χ2n) is 7.92. The van der Waals surface area contributed by atoms with Crippen LogP contribution >= 0.6 is 23.8 Å². The van der Waals surface area contributed by atoms with Gasteiger partial charge in [-0.25, -0.2) is 4.79 Å². The van der Waals surface area contributed by atoms with E-state index in [4.69, 9.17) is 28.6 Å². The Kier molecular flexibility index (Phi) is 7.48. The van der Waals surface area contributed by atoms with E-state index in [9.17, 15) is 4.79 Å². The molecule has 0 aliphatic rings. The highest BCUT2D eigenvalue weighted by Gasteiger charge is 2.17. The first-order chi connectivity index (χ1) is 16.9. The van der Waals surface area contributed by atoms with Crippen LogP contribution in [0.5, 0.6) is 0 Å². The third kappa shape index (κ3) is 5.70. The minimum Gasteiger partial charge on any atom is -0.465 e. The Labute approximate surface area is 213 Å². The molecule has 0 unspecified atom stereocenters. The highest BCUT2D eigenvalue weighted by Crippen LogP contribution is 2.22. The Morgan fingerprint density at radius 2 is 1.71 bits per heavy atom. The number of aryl methyl sites for hydroxylation is 1. The van der Waals surface area contributed by atoms with Crippen LogP contribution < -0.4 is 10.6 Å². The molecule has 0 aliphatic carbocycles. The summed E-state index contributed by atoms with van der Waals surface area (Å²) >= 11 is 11.8. The second kappa shape index (κ2) is 10.7. The molecule has 0 amide bonds. The Balaban J connectivity index is 1.43. The van der Waals surface area contributed by atoms with E-state index < -0.39 is 0 Å². The normalized spacial score (nSPS) is 10.7. The number of nitrogens with zero attached hydrogens (tertiary/aromatic N) is 4. The number of benzene rings is 2. The molecular formula is C25H25ClN6O2S. The lowest BCUT2D eigenvalue weighted by atomic mass is 10.1. The van der Waals surface area contributed by atoms with Crippen LogP contribution in [0.4, 0.5) is 11.5 Å². The molecule has 2 aromatic carbocycles. The van der Waals surface area contributed by atoms with Gasteiger partial charge in [-0.15, -0.1) is 0 Å². The monoisotopic (exact) mass is 508 g/mol. The number of thiocarbonyl (C=S) groups is 1. The third-order valence-corrected chi connectivity index (χ3v) is 6.11. The van der Waals surface area contributed by atoms with Gasteiger partial charge in [0.15, 0.2) is 10.9 Å². The highest BCUT2D eigenvalue weighted by atomic mass is 35.5. The fraction of sp³-hybridized carbons (Fsp3) is 0.200. The maximum atomic E-state index is 12.1. The van der Waals surface area contributed by atoms with Crippen molar-refractivity contribution >= 4 is 46.4 Å². The molecule has 0 saturated carbocycles. The van der Waals surface area contributed by atoms with Gasteiger partial charge >= 0.3 is 5.97 Å². The molecule has 4 aromatic rings. The smallest absolute Gasteiger partial charge is 0.338 e. The number of aromatic nitrogens is 4. The lowest BCUT2D eigenvalue weighted by molar-refractivity contribution is 0.0599. The Morgan fingerprint density at radius 3 is 2.46 bits per heavy atom. The van der Waals surface area contributed by atoms with Crippen molar-refractivity contribution in [1.82, 2.24) is 19.6 Å². The van der Waals surface area contributed by atoms with E-state index in [1.165, 1.54) is 7.11 Å². The van der Waals surface area contributed by atoms with Crippen molar-refractivity contribution in [2.24, 2.45) is 0 Å². The minimum absolute atomic E-state index is 0.375. The lowest BCUT2D eigenvalue weighted by Crippen LogP contribution is -2.20. The highest BCUT2D eigenvalue weighted by molar-refractivity contribution is 7.80. The van der Waals surface area contributed by atoms with Crippen molar-refractivity contribution in [2.75, 3.05) is 17.7 Å². The lowest BCUT2D eigenvalue weighted by Gasteiger charge is -2.11. The van der Waals surface area contributed by atoms with Gasteiger partial charge in [-0.2, -0.15) is 10.2 Å². The molecular weight excluding hydrogens is 484 g/mol. The number of carbonyl (C=O) groups excluding carboxylic acids is 1. The van der Waals surface area contributed by atoms with Crippen molar-refractivity contribution in [1.29, 1.82) is 0 Å². The molecule has 2 N–H and O–H groups in total. The van der Waals surface area contributed by atoms with E-state index in [0.717, 1.165) is 28.2 Å². The summed E-state index contributed by atoms with van der Waals surface area (Å²) < 4.78 is 8.53. The van der Waals surface area contributed by atoms with Gasteiger partial charge in [0, 0.05) is 17.3 Å². The first kappa shape index (κ1) is 24.4. The molecule has 0 fully saturated rings. The summed E-state index contributed by atoms with van der Waals surface area (Å²) in [7, 11) is 1.37. The van der Waals surface area contributed by atoms with Crippen LogP contribution in [0.3, 0.4) is 0 Å². The van der Waals surface area contributed by atoms with Crippen molar-refractivity contribution in [3.8, 4) is 0 Å². The van der Waals surface area contributed by atoms with E-state index in [1.54, 1.807) is 10.7 Å². The number of carbonyl (C=O) groups is 1. The Hall–Kier alpha value is -3.69. The van der Waals surface area contributed by atoms with Crippen molar-refractivity contribution in [3.05, 3.63) is 93.9 Å². The molecule has 0 atom stereocenters. The van der Waals surface area contributed by atoms with Gasteiger partial charge in [0.05, 0.1) is 42.8 Å². The zero-order chi connectivity index (χ0) is 24.9. The van der Waals surface area contributed by atoms with Gasteiger partial charge in [-0.05, 0) is 49.3 Å². The molecule has 2 heterocycles. The number of esters is 1. The maximum Gasteiger partial charge on any atom is 0.338 e. The molecule has 10 heteroatoms. The van der Waals surface area contributed by atoms with Gasteiger partial charge in [0.1, 0.15) is 0 Å². The molecule has 4 rings (SSSR count). The van der Waals surface area contributed by atoms with Crippen LogP contribution in [0.1, 0.15) is 32.9 Å². The molecule has 0 radical (unpaired) electrons. The SMILES string of the molecule is COC(=O)c1ccccc1Cn1nc(C)c(NC(=S)Nc2ccn(Cc3ccccc3Cl)n2)c1C. The van der Waals surface area contributed by atoms with Crippen molar-refractivity contribution in [2.45, 2.75) is 26.9 Å². The second-order valence-corrected chi connectivity index (χ2v) is 8.74. The van der Waals surface area contributed by atoms with Gasteiger partial charge in [-0.1, -0.05) is 48.0 Å². The summed E-state index contributed by atoms with van der Waals surface area (Å²) in [4.78, 5) is 12.1. The van der Waals surface area contributed by atoms with Crippen molar-refractivity contribution < 1.29 is 9.53 Å². The zero-order valence-corrected chi connectivity index (χ0v) is 21.2. The maximum absolute atomic E-state index is 12.1. The molecule has 0 spiro atoms. The van der Waals surface area contributed by atoms with E-state index in [2.05, 4.69) is 20.8 Å². The number of hydrogen-bond acceptors (Lipinski definition) is 5. The number of halogens is 1. The van der Waals surface area contributed by atoms with E-state index in [1.807, 2.05) is 73.3 Å². The molecule has 8 nitrogen and oxygen atoms in total. The molecule has 0 aliphatic heterocycles. The summed E-state index contributed by atoms with van der Waals surface area (Å²) in [5.74, 6) is 0.240. The molecule has 2 aromatic heterocycles. The average Bonchev–Trinajstić information content (AvgIpc) is 3.39. The quantitative estimate of drug-likeness (QED) is 0.267. The van der Waals surface area contributed by atoms with Crippen LogP contribution in [-0.4, -0.2) is 37.8 Å². The Morgan fingerprint density at radius 1 is 1.00 bits per heavy atom. The summed E-state index contributed by atoms with van der Waals surface area (Å²) in [5.41, 5.74) is 4.79. The largest absolute Gasteiger partial charge is 0.465 e. The predicted molar refractivity (Wildman–Crippen MR) is 141 cm³/mol. The first-order valence-corrected chi connectivity index (χ1v) is 11.7. The summed E-state index contributed by atoms with van der Waals surface area (Å²) in [6, 6.07) is 16.8. The minimum atomic E-state index is -0.375. The molecule has 35 heavy (non-hydrogen) atoms. The van der Waals surface area contributed by atoms with Gasteiger partial charge in [-0.3, -0.25) is 9.36 Å². The summed E-state index contributed by atoms with van der Waals surface area (Å²) in [6.07, 6.45) is 1.86. The number of methoxy groups -OCH3 is 1. The number of rotatable bonds is 7. The van der Waals surface area contributed by atoms with Crippen LogP contribution in [-0.2, 0) is 17.8 Å². The number of anilines is 2. The third-order valence-electron chi connectivity index (χ3n) is 5.54. The zero-order valence-electron chi connectivity index (χ0n) is 19.6. The standard InChI is InChI=1S/C25H25ClN6O2S/c1-16-23(17(2)32(29-16)15-18-8-4-6-10-20(18)24(33)34-3)28-25(35)27-22-12-13-31(30-22)14-19-9-5-7-11-21(19)26/h4-13H,14-15H2,1-3H3,(H2,27,28,30,35). The Bertz CT molecular complexity index is 1380. The predicted octanol–water partition coefficient (Wildman–Crippen LogP) is 5.04. The topological polar surface area (TPSA) is 86.0 Å². The van der Waals surface area contributed by atoms with E-state index >= 15 is 0 Å².